The Labute approximate surface area is 176 Å². The standard InChI is InChI=1S/C21H30N6OS/c1-2-19-24-25-21(29-19)23-18-9-5-8-17(22-18)16-7-6-13-27(15-16)20(28)10-14-26-11-3-4-12-26/h5,8-9,16H,2-4,6-7,10-15H2,1H3,(H,22,23,25)/t16-/m0/s1. The van der Waals surface area contributed by atoms with Gasteiger partial charge in [0.05, 0.1) is 0 Å². The Bertz CT molecular complexity index is 819. The molecule has 2 aromatic rings. The van der Waals surface area contributed by atoms with Crippen molar-refractivity contribution in [3.05, 3.63) is 28.9 Å². The third kappa shape index (κ3) is 5.30. The van der Waals surface area contributed by atoms with Gasteiger partial charge in [0, 0.05) is 37.7 Å². The number of hydrogen-bond acceptors (Lipinski definition) is 7. The maximum atomic E-state index is 12.7. The van der Waals surface area contributed by atoms with Crippen molar-refractivity contribution in [1.82, 2.24) is 25.0 Å². The fourth-order valence-electron chi connectivity index (χ4n) is 4.17. The molecule has 7 nitrogen and oxygen atoms in total. The van der Waals surface area contributed by atoms with E-state index in [1.807, 2.05) is 17.0 Å². The van der Waals surface area contributed by atoms with Crippen molar-refractivity contribution < 1.29 is 4.79 Å². The minimum Gasteiger partial charge on any atom is -0.342 e. The molecule has 1 atom stereocenters. The van der Waals surface area contributed by atoms with E-state index in [-0.39, 0.29) is 5.91 Å². The molecule has 4 heterocycles. The van der Waals surface area contributed by atoms with Crippen LogP contribution in [0.2, 0.25) is 0 Å². The van der Waals surface area contributed by atoms with E-state index < -0.39 is 0 Å². The summed E-state index contributed by atoms with van der Waals surface area (Å²) in [5.41, 5.74) is 1.05. The van der Waals surface area contributed by atoms with Crippen molar-refractivity contribution in [1.29, 1.82) is 0 Å². The lowest BCUT2D eigenvalue weighted by Crippen LogP contribution is -2.40. The summed E-state index contributed by atoms with van der Waals surface area (Å²) in [6.45, 7) is 6.91. The molecule has 4 rings (SSSR count). The number of piperidine rings is 1. The first-order valence-corrected chi connectivity index (χ1v) is 11.6. The number of carbonyl (C=O) groups is 1. The lowest BCUT2D eigenvalue weighted by atomic mass is 9.94. The Kier molecular flexibility index (Phi) is 6.71. The van der Waals surface area contributed by atoms with Gasteiger partial charge < -0.3 is 15.1 Å². The molecule has 2 fully saturated rings. The van der Waals surface area contributed by atoms with Crippen LogP contribution < -0.4 is 5.32 Å². The van der Waals surface area contributed by atoms with E-state index in [4.69, 9.17) is 4.98 Å². The minimum atomic E-state index is 0.289. The van der Waals surface area contributed by atoms with Gasteiger partial charge >= 0.3 is 0 Å². The summed E-state index contributed by atoms with van der Waals surface area (Å²) in [6, 6.07) is 6.06. The van der Waals surface area contributed by atoms with Crippen molar-refractivity contribution in [3.63, 3.8) is 0 Å². The normalized spacial score (nSPS) is 20.2. The Balaban J connectivity index is 1.35. The van der Waals surface area contributed by atoms with E-state index in [0.29, 0.717) is 12.3 Å². The smallest absolute Gasteiger partial charge is 0.223 e. The highest BCUT2D eigenvalue weighted by Crippen LogP contribution is 2.28. The number of anilines is 2. The molecular weight excluding hydrogens is 384 g/mol. The summed E-state index contributed by atoms with van der Waals surface area (Å²) < 4.78 is 0. The first kappa shape index (κ1) is 20.2. The molecule has 0 aromatic carbocycles. The summed E-state index contributed by atoms with van der Waals surface area (Å²) in [5.74, 6) is 1.37. The Morgan fingerprint density at radius 1 is 1.21 bits per heavy atom. The number of aromatic nitrogens is 3. The molecule has 1 N–H and O–H groups in total. The summed E-state index contributed by atoms with van der Waals surface area (Å²) in [6.07, 6.45) is 6.18. The molecule has 2 saturated heterocycles. The molecule has 0 radical (unpaired) electrons. The van der Waals surface area contributed by atoms with Crippen LogP contribution in [0.15, 0.2) is 18.2 Å². The summed E-state index contributed by atoms with van der Waals surface area (Å²) in [5, 5.41) is 13.4. The third-order valence-electron chi connectivity index (χ3n) is 5.81. The second-order valence-corrected chi connectivity index (χ2v) is 8.97. The number of aryl methyl sites for hydroxylation is 1. The topological polar surface area (TPSA) is 74.2 Å². The molecule has 29 heavy (non-hydrogen) atoms. The molecule has 0 bridgehead atoms. The molecule has 2 aliphatic rings. The van der Waals surface area contributed by atoms with Gasteiger partial charge in [0.1, 0.15) is 10.8 Å². The molecule has 0 saturated carbocycles. The summed E-state index contributed by atoms with van der Waals surface area (Å²) >= 11 is 1.56. The van der Waals surface area contributed by atoms with Gasteiger partial charge in [-0.15, -0.1) is 10.2 Å². The third-order valence-corrected chi connectivity index (χ3v) is 6.79. The number of hydrogen-bond donors (Lipinski definition) is 1. The number of carbonyl (C=O) groups excluding carboxylic acids is 1. The average Bonchev–Trinajstić information content (AvgIpc) is 3.44. The zero-order valence-corrected chi connectivity index (χ0v) is 18.0. The number of amides is 1. The van der Waals surface area contributed by atoms with Crippen molar-refractivity contribution in [2.45, 2.75) is 51.4 Å². The van der Waals surface area contributed by atoms with E-state index in [2.05, 4.69) is 33.4 Å². The van der Waals surface area contributed by atoms with Crippen LogP contribution in [0.3, 0.4) is 0 Å². The Hall–Kier alpha value is -2.06. The predicted molar refractivity (Wildman–Crippen MR) is 116 cm³/mol. The number of likely N-dealkylation sites (tertiary alicyclic amines) is 2. The van der Waals surface area contributed by atoms with Crippen LogP contribution in [0.25, 0.3) is 0 Å². The van der Waals surface area contributed by atoms with Crippen molar-refractivity contribution in [2.24, 2.45) is 0 Å². The van der Waals surface area contributed by atoms with Crippen LogP contribution in [0, 0.1) is 0 Å². The van der Waals surface area contributed by atoms with E-state index >= 15 is 0 Å². The molecule has 156 valence electrons. The van der Waals surface area contributed by atoms with Crippen LogP contribution >= 0.6 is 11.3 Å². The van der Waals surface area contributed by atoms with E-state index in [0.717, 1.165) is 73.6 Å². The fraction of sp³-hybridized carbons (Fsp3) is 0.619. The van der Waals surface area contributed by atoms with Gasteiger partial charge in [-0.25, -0.2) is 4.98 Å². The average molecular weight is 415 g/mol. The monoisotopic (exact) mass is 414 g/mol. The number of nitrogens with zero attached hydrogens (tertiary/aromatic N) is 5. The highest BCUT2D eigenvalue weighted by atomic mass is 32.1. The quantitative estimate of drug-likeness (QED) is 0.748. The molecule has 2 aromatic heterocycles. The molecule has 1 amide bonds. The van der Waals surface area contributed by atoms with Crippen molar-refractivity contribution in [2.75, 3.05) is 38.0 Å². The van der Waals surface area contributed by atoms with Gasteiger partial charge in [-0.1, -0.05) is 24.3 Å². The molecule has 2 aliphatic heterocycles. The lowest BCUT2D eigenvalue weighted by molar-refractivity contribution is -0.132. The Morgan fingerprint density at radius 3 is 2.86 bits per heavy atom. The molecular formula is C21H30N6OS. The largest absolute Gasteiger partial charge is 0.342 e. The first-order valence-electron chi connectivity index (χ1n) is 10.8. The van der Waals surface area contributed by atoms with Gasteiger partial charge in [-0.3, -0.25) is 4.79 Å². The van der Waals surface area contributed by atoms with Gasteiger partial charge in [0.15, 0.2) is 0 Å². The van der Waals surface area contributed by atoms with Gasteiger partial charge in [-0.05, 0) is 57.3 Å². The second-order valence-electron chi connectivity index (χ2n) is 7.90. The summed E-state index contributed by atoms with van der Waals surface area (Å²) in [7, 11) is 0. The predicted octanol–water partition coefficient (Wildman–Crippen LogP) is 3.43. The highest BCUT2D eigenvalue weighted by molar-refractivity contribution is 7.15. The highest BCUT2D eigenvalue weighted by Gasteiger charge is 2.26. The molecule has 0 spiro atoms. The van der Waals surface area contributed by atoms with Crippen LogP contribution in [0.4, 0.5) is 10.9 Å². The maximum Gasteiger partial charge on any atom is 0.223 e. The Morgan fingerprint density at radius 2 is 2.07 bits per heavy atom. The number of rotatable bonds is 7. The molecule has 0 aliphatic carbocycles. The summed E-state index contributed by atoms with van der Waals surface area (Å²) in [4.78, 5) is 22.0. The van der Waals surface area contributed by atoms with Crippen molar-refractivity contribution >= 4 is 28.2 Å². The van der Waals surface area contributed by atoms with Crippen LogP contribution in [-0.2, 0) is 11.2 Å². The van der Waals surface area contributed by atoms with Crippen LogP contribution in [0.5, 0.6) is 0 Å². The maximum absolute atomic E-state index is 12.7. The van der Waals surface area contributed by atoms with E-state index in [1.54, 1.807) is 11.3 Å². The van der Waals surface area contributed by atoms with Crippen molar-refractivity contribution in [3.8, 4) is 0 Å². The zero-order chi connectivity index (χ0) is 20.1. The number of pyridine rings is 1. The fourth-order valence-corrected chi connectivity index (χ4v) is 4.85. The van der Waals surface area contributed by atoms with E-state index in [9.17, 15) is 4.79 Å². The van der Waals surface area contributed by atoms with Crippen LogP contribution in [0.1, 0.15) is 55.6 Å². The zero-order valence-electron chi connectivity index (χ0n) is 17.1. The second kappa shape index (κ2) is 9.63. The van der Waals surface area contributed by atoms with Gasteiger partial charge in [0.2, 0.25) is 11.0 Å². The van der Waals surface area contributed by atoms with E-state index in [1.165, 1.54) is 12.8 Å². The van der Waals surface area contributed by atoms with Gasteiger partial charge in [-0.2, -0.15) is 0 Å². The molecule has 8 heteroatoms. The lowest BCUT2D eigenvalue weighted by Gasteiger charge is -2.33. The molecule has 0 unspecified atom stereocenters. The van der Waals surface area contributed by atoms with Gasteiger partial charge in [0.25, 0.3) is 0 Å². The SMILES string of the molecule is CCc1nnc(Nc2cccc([C@H]3CCCN(C(=O)CCN4CCCC4)C3)n2)s1. The number of nitrogens with one attached hydrogen (secondary N) is 1. The minimum absolute atomic E-state index is 0.289. The first-order chi connectivity index (χ1) is 14.2. The van der Waals surface area contributed by atoms with Crippen LogP contribution in [-0.4, -0.2) is 63.6 Å².